The van der Waals surface area contributed by atoms with Crippen LogP contribution in [-0.4, -0.2) is 40.5 Å². The second-order valence-corrected chi connectivity index (χ2v) is 12.7. The van der Waals surface area contributed by atoms with E-state index in [1.165, 1.54) is 0 Å². The molecule has 226 valence electrons. The highest BCUT2D eigenvalue weighted by molar-refractivity contribution is 6.34. The molecule has 4 atom stereocenters. The van der Waals surface area contributed by atoms with Crippen molar-refractivity contribution in [2.24, 2.45) is 11.8 Å². The standard InChI is InChI=1S/C33H48ClN3O4/c1-10-22(4)28(36-32(40)41-33(7,8)9)31(39)37(24(6)20-19-21(2)3)29(25-16-12-11-13-17-25)30(38)35-27-23(5)15-14-18-26(27)34/h11-18,21-22,24,28-29H,10,19-20H2,1-9H3,(H,35,38)(H,36,40). The second kappa shape index (κ2) is 15.2. The van der Waals surface area contributed by atoms with Gasteiger partial charge in [-0.25, -0.2) is 4.79 Å². The van der Waals surface area contributed by atoms with Crippen molar-refractivity contribution < 1.29 is 19.1 Å². The van der Waals surface area contributed by atoms with E-state index in [-0.39, 0.29) is 23.8 Å². The molecule has 7 nitrogen and oxygen atoms in total. The molecule has 0 saturated carbocycles. The number of hydrogen-bond acceptors (Lipinski definition) is 4. The van der Waals surface area contributed by atoms with Crippen molar-refractivity contribution in [2.75, 3.05) is 5.32 Å². The highest BCUT2D eigenvalue weighted by Gasteiger charge is 2.40. The average molecular weight is 586 g/mol. The Morgan fingerprint density at radius 3 is 2.12 bits per heavy atom. The molecule has 0 aliphatic heterocycles. The van der Waals surface area contributed by atoms with Gasteiger partial charge < -0.3 is 20.3 Å². The minimum absolute atomic E-state index is 0.208. The number of rotatable bonds is 12. The van der Waals surface area contributed by atoms with Gasteiger partial charge >= 0.3 is 6.09 Å². The van der Waals surface area contributed by atoms with Crippen LogP contribution in [0.15, 0.2) is 48.5 Å². The maximum atomic E-state index is 14.6. The van der Waals surface area contributed by atoms with Crippen molar-refractivity contribution in [3.63, 3.8) is 0 Å². The Kier molecular flexibility index (Phi) is 12.7. The summed E-state index contributed by atoms with van der Waals surface area (Å²) >= 11 is 6.48. The summed E-state index contributed by atoms with van der Waals surface area (Å²) in [6, 6.07) is 12.5. The molecule has 8 heteroatoms. The van der Waals surface area contributed by atoms with Crippen molar-refractivity contribution in [2.45, 2.75) is 105 Å². The topological polar surface area (TPSA) is 87.7 Å². The lowest BCUT2D eigenvalue weighted by molar-refractivity contribution is -0.144. The third-order valence-corrected chi connectivity index (χ3v) is 7.47. The van der Waals surface area contributed by atoms with Gasteiger partial charge in [0.25, 0.3) is 5.91 Å². The van der Waals surface area contributed by atoms with Crippen molar-refractivity contribution in [3.8, 4) is 0 Å². The van der Waals surface area contributed by atoms with Gasteiger partial charge in [-0.15, -0.1) is 0 Å². The number of amides is 3. The number of anilines is 1. The number of carbonyl (C=O) groups is 3. The average Bonchev–Trinajstić information content (AvgIpc) is 2.89. The molecule has 0 heterocycles. The number of alkyl carbamates (subject to hydrolysis) is 1. The molecule has 2 aromatic rings. The van der Waals surface area contributed by atoms with Crippen molar-refractivity contribution >= 4 is 35.2 Å². The number of para-hydroxylation sites is 1. The van der Waals surface area contributed by atoms with Crippen LogP contribution in [0.3, 0.4) is 0 Å². The van der Waals surface area contributed by atoms with E-state index in [1.54, 1.807) is 31.7 Å². The SMILES string of the molecule is CCC(C)C(NC(=O)OC(C)(C)C)C(=O)N(C(C)CCC(C)C)C(C(=O)Nc1c(C)cccc1Cl)c1ccccc1. The summed E-state index contributed by atoms with van der Waals surface area (Å²) in [4.78, 5) is 43.3. The molecule has 2 aromatic carbocycles. The Hall–Kier alpha value is -3.06. The number of aryl methyl sites for hydroxylation is 1. The molecule has 4 unspecified atom stereocenters. The molecule has 2 rings (SSSR count). The van der Waals surface area contributed by atoms with Crippen LogP contribution in [0.2, 0.25) is 5.02 Å². The van der Waals surface area contributed by atoms with E-state index >= 15 is 0 Å². The molecule has 0 bridgehead atoms. The Bertz CT molecular complexity index is 1140. The number of carbonyl (C=O) groups excluding carboxylic acids is 3. The largest absolute Gasteiger partial charge is 0.444 e. The van der Waals surface area contributed by atoms with Crippen LogP contribution in [0.1, 0.15) is 91.8 Å². The fraction of sp³-hybridized carbons (Fsp3) is 0.545. The summed E-state index contributed by atoms with van der Waals surface area (Å²) in [5.41, 5.74) is 1.26. The molecule has 0 aliphatic rings. The molecule has 0 aliphatic carbocycles. The van der Waals surface area contributed by atoms with Gasteiger partial charge in [0.05, 0.1) is 10.7 Å². The van der Waals surface area contributed by atoms with Crippen LogP contribution >= 0.6 is 11.6 Å². The molecule has 2 N–H and O–H groups in total. The first-order chi connectivity index (χ1) is 19.2. The van der Waals surface area contributed by atoms with Crippen molar-refractivity contribution in [1.82, 2.24) is 10.2 Å². The van der Waals surface area contributed by atoms with Crippen LogP contribution in [0.5, 0.6) is 0 Å². The molecular formula is C33H48ClN3O4. The molecule has 0 radical (unpaired) electrons. The summed E-state index contributed by atoms with van der Waals surface area (Å²) in [6.45, 7) is 17.3. The number of halogens is 1. The number of nitrogens with zero attached hydrogens (tertiary/aromatic N) is 1. The fourth-order valence-electron chi connectivity index (χ4n) is 4.65. The summed E-state index contributed by atoms with van der Waals surface area (Å²) in [7, 11) is 0. The fourth-order valence-corrected chi connectivity index (χ4v) is 4.92. The molecular weight excluding hydrogens is 538 g/mol. The van der Waals surface area contributed by atoms with Gasteiger partial charge in [-0.05, 0) is 76.5 Å². The first kappa shape index (κ1) is 34.1. The molecule has 0 saturated heterocycles. The van der Waals surface area contributed by atoms with Gasteiger partial charge in [0.15, 0.2) is 0 Å². The van der Waals surface area contributed by atoms with Gasteiger partial charge in [0.2, 0.25) is 5.91 Å². The van der Waals surface area contributed by atoms with E-state index < -0.39 is 23.8 Å². The summed E-state index contributed by atoms with van der Waals surface area (Å²) in [5.74, 6) is -0.506. The van der Waals surface area contributed by atoms with E-state index in [2.05, 4.69) is 24.5 Å². The summed E-state index contributed by atoms with van der Waals surface area (Å²) in [6.07, 6.45) is 1.52. The van der Waals surface area contributed by atoms with Crippen LogP contribution in [0.25, 0.3) is 0 Å². The number of benzene rings is 2. The number of ether oxygens (including phenoxy) is 1. The van der Waals surface area contributed by atoms with Crippen LogP contribution in [-0.2, 0) is 14.3 Å². The maximum Gasteiger partial charge on any atom is 0.408 e. The van der Waals surface area contributed by atoms with E-state index in [0.29, 0.717) is 35.0 Å². The molecule has 0 fully saturated rings. The Labute approximate surface area is 251 Å². The first-order valence-corrected chi connectivity index (χ1v) is 15.0. The quantitative estimate of drug-likeness (QED) is 0.265. The zero-order chi connectivity index (χ0) is 30.9. The highest BCUT2D eigenvalue weighted by Crippen LogP contribution is 2.32. The zero-order valence-corrected chi connectivity index (χ0v) is 26.8. The van der Waals surface area contributed by atoms with Crippen molar-refractivity contribution in [3.05, 3.63) is 64.7 Å². The molecule has 0 aromatic heterocycles. The zero-order valence-electron chi connectivity index (χ0n) is 26.1. The Balaban J connectivity index is 2.64. The summed E-state index contributed by atoms with van der Waals surface area (Å²) < 4.78 is 5.52. The van der Waals surface area contributed by atoms with E-state index in [1.807, 2.05) is 70.2 Å². The third kappa shape index (κ3) is 10.1. The van der Waals surface area contributed by atoms with Gasteiger partial charge in [-0.1, -0.05) is 88.2 Å². The minimum Gasteiger partial charge on any atom is -0.444 e. The minimum atomic E-state index is -0.964. The number of nitrogens with one attached hydrogen (secondary N) is 2. The van der Waals surface area contributed by atoms with Gasteiger partial charge in [0, 0.05) is 6.04 Å². The lowest BCUT2D eigenvalue weighted by Gasteiger charge is -2.40. The monoisotopic (exact) mass is 585 g/mol. The van der Waals surface area contributed by atoms with E-state index in [0.717, 1.165) is 12.0 Å². The normalized spacial score (nSPS) is 14.5. The lowest BCUT2D eigenvalue weighted by atomic mass is 9.93. The van der Waals surface area contributed by atoms with Gasteiger partial charge in [0.1, 0.15) is 17.7 Å². The molecule has 3 amide bonds. The van der Waals surface area contributed by atoms with E-state index in [9.17, 15) is 14.4 Å². The Morgan fingerprint density at radius 2 is 1.59 bits per heavy atom. The second-order valence-electron chi connectivity index (χ2n) is 12.3. The van der Waals surface area contributed by atoms with Gasteiger partial charge in [-0.2, -0.15) is 0 Å². The predicted molar refractivity (Wildman–Crippen MR) is 167 cm³/mol. The van der Waals surface area contributed by atoms with E-state index in [4.69, 9.17) is 16.3 Å². The van der Waals surface area contributed by atoms with Crippen LogP contribution < -0.4 is 10.6 Å². The molecule has 41 heavy (non-hydrogen) atoms. The molecule has 0 spiro atoms. The predicted octanol–water partition coefficient (Wildman–Crippen LogP) is 7.92. The Morgan fingerprint density at radius 1 is 0.951 bits per heavy atom. The lowest BCUT2D eigenvalue weighted by Crippen LogP contribution is -2.57. The van der Waals surface area contributed by atoms with Gasteiger partial charge in [-0.3, -0.25) is 9.59 Å². The van der Waals surface area contributed by atoms with Crippen LogP contribution in [0.4, 0.5) is 10.5 Å². The van der Waals surface area contributed by atoms with Crippen LogP contribution in [0, 0.1) is 18.8 Å². The smallest absolute Gasteiger partial charge is 0.408 e. The third-order valence-electron chi connectivity index (χ3n) is 7.15. The maximum absolute atomic E-state index is 14.6. The number of hydrogen-bond donors (Lipinski definition) is 2. The van der Waals surface area contributed by atoms with Crippen molar-refractivity contribution in [1.29, 1.82) is 0 Å². The summed E-state index contributed by atoms with van der Waals surface area (Å²) in [5, 5.41) is 6.26. The first-order valence-electron chi connectivity index (χ1n) is 14.6. The highest BCUT2D eigenvalue weighted by atomic mass is 35.5.